The molecular formula is C25H30Cl2FN5O2. The molecule has 3 aliphatic rings. The second-order valence-corrected chi connectivity index (χ2v) is 11.0. The van der Waals surface area contributed by atoms with Crippen LogP contribution in [-0.4, -0.2) is 58.2 Å². The number of carboxylic acid groups (broad SMARTS) is 1. The fourth-order valence-electron chi connectivity index (χ4n) is 5.57. The van der Waals surface area contributed by atoms with Crippen LogP contribution in [0.4, 0.5) is 16.2 Å². The lowest BCUT2D eigenvalue weighted by atomic mass is 9.76. The molecule has 1 saturated carbocycles. The number of likely N-dealkylation sites (tertiary alicyclic amines) is 1. The molecule has 188 valence electrons. The molecule has 3 heterocycles. The fourth-order valence-corrected chi connectivity index (χ4v) is 6.14. The molecule has 1 aromatic carbocycles. The van der Waals surface area contributed by atoms with Crippen LogP contribution in [0.5, 0.6) is 0 Å². The van der Waals surface area contributed by atoms with E-state index in [0.717, 1.165) is 51.0 Å². The van der Waals surface area contributed by atoms with E-state index in [1.54, 1.807) is 12.1 Å². The number of anilines is 2. The SMILES string of the molecule is C[C@@H](Nc1nc(N2CC([C@H]3CCCN(C4CC(C(=O)O)C4)C3)C2)ncc1F)c1ccc(Cl)cc1Cl. The van der Waals surface area contributed by atoms with Crippen molar-refractivity contribution in [2.24, 2.45) is 17.8 Å². The largest absolute Gasteiger partial charge is 0.481 e. The number of hydrogen-bond acceptors (Lipinski definition) is 6. The molecule has 2 saturated heterocycles. The third kappa shape index (κ3) is 5.20. The Kier molecular flexibility index (Phi) is 7.06. The Bertz CT molecular complexity index is 1090. The molecule has 0 unspecified atom stereocenters. The van der Waals surface area contributed by atoms with Gasteiger partial charge in [0, 0.05) is 35.7 Å². The van der Waals surface area contributed by atoms with Gasteiger partial charge in [-0.05, 0) is 68.7 Å². The average Bonchev–Trinajstić information content (AvgIpc) is 2.74. The van der Waals surface area contributed by atoms with Gasteiger partial charge in [0.25, 0.3) is 0 Å². The Balaban J connectivity index is 1.17. The summed E-state index contributed by atoms with van der Waals surface area (Å²) in [6.45, 7) is 5.70. The van der Waals surface area contributed by atoms with Gasteiger partial charge in [-0.3, -0.25) is 4.79 Å². The summed E-state index contributed by atoms with van der Waals surface area (Å²) in [5.41, 5.74) is 0.808. The third-order valence-corrected chi connectivity index (χ3v) is 8.40. The van der Waals surface area contributed by atoms with Crippen molar-refractivity contribution in [3.05, 3.63) is 45.8 Å². The number of piperidine rings is 1. The molecule has 2 N–H and O–H groups in total. The number of aromatic nitrogens is 2. The third-order valence-electron chi connectivity index (χ3n) is 7.84. The summed E-state index contributed by atoms with van der Waals surface area (Å²) < 4.78 is 14.5. The van der Waals surface area contributed by atoms with Crippen molar-refractivity contribution < 1.29 is 14.3 Å². The van der Waals surface area contributed by atoms with Crippen LogP contribution in [0.15, 0.2) is 24.4 Å². The first kappa shape index (κ1) is 24.5. The Morgan fingerprint density at radius 2 is 2.00 bits per heavy atom. The molecular weight excluding hydrogens is 492 g/mol. The van der Waals surface area contributed by atoms with Gasteiger partial charge in [0.2, 0.25) is 5.95 Å². The standard InChI is InChI=1S/C25H30Cl2FN5O2/c1-14(20-5-4-18(26)9-21(20)27)30-23-22(28)10-29-25(31-23)33-12-17(13-33)15-3-2-6-32(11-15)19-7-16(8-19)24(34)35/h4-5,9-10,14-17,19H,2-3,6-8,11-13H2,1H3,(H,34,35)(H,29,30,31)/t14-,15+,16?,19?/m1/s1. The fraction of sp³-hybridized carbons (Fsp3) is 0.560. The van der Waals surface area contributed by atoms with E-state index in [1.165, 1.54) is 12.6 Å². The number of aliphatic carboxylic acids is 1. The summed E-state index contributed by atoms with van der Waals surface area (Å²) in [6.07, 6.45) is 5.11. The van der Waals surface area contributed by atoms with Gasteiger partial charge in [-0.1, -0.05) is 29.3 Å². The zero-order valence-corrected chi connectivity index (χ0v) is 21.1. The molecule has 0 radical (unpaired) electrons. The van der Waals surface area contributed by atoms with Crippen molar-refractivity contribution in [1.29, 1.82) is 0 Å². The van der Waals surface area contributed by atoms with Gasteiger partial charge in [-0.25, -0.2) is 9.37 Å². The van der Waals surface area contributed by atoms with Crippen molar-refractivity contribution in [2.45, 2.75) is 44.7 Å². The lowest BCUT2D eigenvalue weighted by Crippen LogP contribution is -2.56. The van der Waals surface area contributed by atoms with Crippen molar-refractivity contribution in [2.75, 3.05) is 36.4 Å². The first-order valence-electron chi connectivity index (χ1n) is 12.2. The highest BCUT2D eigenvalue weighted by molar-refractivity contribution is 6.35. The normalized spacial score (nSPS) is 26.1. The van der Waals surface area contributed by atoms with Crippen LogP contribution >= 0.6 is 23.2 Å². The Hall–Kier alpha value is -2.16. The molecule has 35 heavy (non-hydrogen) atoms. The quantitative estimate of drug-likeness (QED) is 0.523. The van der Waals surface area contributed by atoms with Gasteiger partial charge in [-0.2, -0.15) is 4.98 Å². The van der Waals surface area contributed by atoms with Crippen molar-refractivity contribution in [1.82, 2.24) is 14.9 Å². The molecule has 2 aromatic rings. The zero-order valence-electron chi connectivity index (χ0n) is 19.6. The lowest BCUT2D eigenvalue weighted by Gasteiger charge is -2.50. The van der Waals surface area contributed by atoms with Gasteiger partial charge in [0.1, 0.15) is 0 Å². The van der Waals surface area contributed by atoms with E-state index in [2.05, 4.69) is 25.1 Å². The molecule has 7 nitrogen and oxygen atoms in total. The van der Waals surface area contributed by atoms with Crippen molar-refractivity contribution in [3.8, 4) is 0 Å². The minimum Gasteiger partial charge on any atom is -0.481 e. The number of nitrogens with zero attached hydrogens (tertiary/aromatic N) is 4. The van der Waals surface area contributed by atoms with Gasteiger partial charge >= 0.3 is 5.97 Å². The summed E-state index contributed by atoms with van der Waals surface area (Å²) >= 11 is 12.3. The first-order valence-corrected chi connectivity index (χ1v) is 13.0. The van der Waals surface area contributed by atoms with Gasteiger partial charge < -0.3 is 20.2 Å². The second kappa shape index (κ2) is 10.1. The number of rotatable bonds is 7. The van der Waals surface area contributed by atoms with E-state index in [1.807, 2.05) is 13.0 Å². The highest BCUT2D eigenvalue weighted by Crippen LogP contribution is 2.38. The van der Waals surface area contributed by atoms with Crippen LogP contribution in [0, 0.1) is 23.6 Å². The predicted molar refractivity (Wildman–Crippen MR) is 135 cm³/mol. The number of nitrogens with one attached hydrogen (secondary N) is 1. The van der Waals surface area contributed by atoms with E-state index in [0.29, 0.717) is 33.9 Å². The first-order chi connectivity index (χ1) is 16.8. The molecule has 1 aliphatic carbocycles. The van der Waals surface area contributed by atoms with Gasteiger partial charge in [-0.15, -0.1) is 0 Å². The topological polar surface area (TPSA) is 81.6 Å². The van der Waals surface area contributed by atoms with E-state index in [9.17, 15) is 9.18 Å². The maximum Gasteiger partial charge on any atom is 0.306 e. The minimum atomic E-state index is -0.664. The van der Waals surface area contributed by atoms with Crippen LogP contribution in [0.3, 0.4) is 0 Å². The van der Waals surface area contributed by atoms with Gasteiger partial charge in [0.05, 0.1) is 18.2 Å². The number of carbonyl (C=O) groups is 1. The number of benzene rings is 1. The number of halogens is 3. The van der Waals surface area contributed by atoms with E-state index in [-0.39, 0.29) is 17.8 Å². The maximum absolute atomic E-state index is 14.5. The van der Waals surface area contributed by atoms with E-state index >= 15 is 0 Å². The molecule has 0 spiro atoms. The van der Waals surface area contributed by atoms with Crippen LogP contribution in [0.2, 0.25) is 10.0 Å². The average molecular weight is 522 g/mol. The Labute approximate surface area is 214 Å². The molecule has 3 fully saturated rings. The molecule has 1 aromatic heterocycles. The number of carboxylic acids is 1. The van der Waals surface area contributed by atoms with Crippen molar-refractivity contribution in [3.63, 3.8) is 0 Å². The summed E-state index contributed by atoms with van der Waals surface area (Å²) in [6, 6.07) is 5.40. The van der Waals surface area contributed by atoms with Gasteiger partial charge in [0.15, 0.2) is 11.6 Å². The molecule has 2 aliphatic heterocycles. The second-order valence-electron chi connectivity index (χ2n) is 10.1. The minimum absolute atomic E-state index is 0.152. The summed E-state index contributed by atoms with van der Waals surface area (Å²) in [5, 5.41) is 13.3. The van der Waals surface area contributed by atoms with Crippen LogP contribution in [0.25, 0.3) is 0 Å². The summed E-state index contributed by atoms with van der Waals surface area (Å²) in [4.78, 5) is 24.4. The molecule has 2 atom stereocenters. The molecule has 0 amide bonds. The predicted octanol–water partition coefficient (Wildman–Crippen LogP) is 5.11. The van der Waals surface area contributed by atoms with E-state index < -0.39 is 11.8 Å². The Morgan fingerprint density at radius 3 is 2.71 bits per heavy atom. The van der Waals surface area contributed by atoms with Crippen molar-refractivity contribution >= 4 is 40.9 Å². The Morgan fingerprint density at radius 1 is 1.23 bits per heavy atom. The van der Waals surface area contributed by atoms with Crippen LogP contribution in [0.1, 0.15) is 44.2 Å². The smallest absolute Gasteiger partial charge is 0.306 e. The zero-order chi connectivity index (χ0) is 24.7. The summed E-state index contributed by atoms with van der Waals surface area (Å²) in [7, 11) is 0. The lowest BCUT2D eigenvalue weighted by molar-refractivity contribution is -0.147. The molecule has 0 bridgehead atoms. The number of hydrogen-bond donors (Lipinski definition) is 2. The molecule has 5 rings (SSSR count). The van der Waals surface area contributed by atoms with Crippen LogP contribution < -0.4 is 10.2 Å². The molecule has 10 heteroatoms. The highest BCUT2D eigenvalue weighted by atomic mass is 35.5. The highest BCUT2D eigenvalue weighted by Gasteiger charge is 2.42. The van der Waals surface area contributed by atoms with E-state index in [4.69, 9.17) is 28.3 Å². The monoisotopic (exact) mass is 521 g/mol. The summed E-state index contributed by atoms with van der Waals surface area (Å²) in [5.74, 6) is 0.471. The maximum atomic E-state index is 14.5. The van der Waals surface area contributed by atoms with Crippen LogP contribution in [-0.2, 0) is 4.79 Å².